The van der Waals surface area contributed by atoms with E-state index in [9.17, 15) is 0 Å². The molecule has 0 amide bonds. The third-order valence-corrected chi connectivity index (χ3v) is 0. The molecular formula is C3H6Ta. The summed E-state index contributed by atoms with van der Waals surface area (Å²) in [6.45, 7) is 6.75. The molecule has 1 heteroatoms. The minimum atomic E-state index is 0. The molecule has 4 heavy (non-hydrogen) atoms. The van der Waals surface area contributed by atoms with Crippen molar-refractivity contribution in [2.45, 2.75) is 6.42 Å². The Morgan fingerprint density at radius 1 is 1.25 bits per heavy atom. The summed E-state index contributed by atoms with van der Waals surface area (Å²) in [5, 5.41) is 0. The van der Waals surface area contributed by atoms with Crippen LogP contribution in [0.5, 0.6) is 0 Å². The van der Waals surface area contributed by atoms with Gasteiger partial charge in [0.15, 0.2) is 0 Å². The van der Waals surface area contributed by atoms with Crippen LogP contribution in [0.4, 0.5) is 0 Å². The second-order valence-electron chi connectivity index (χ2n) is 0.354. The summed E-state index contributed by atoms with van der Waals surface area (Å²) in [4.78, 5) is 0. The predicted octanol–water partition coefficient (Wildman–Crippen LogP) is 1.04. The second-order valence-corrected chi connectivity index (χ2v) is 0.354. The van der Waals surface area contributed by atoms with Crippen molar-refractivity contribution < 1.29 is 22.4 Å². The van der Waals surface area contributed by atoms with E-state index in [0.29, 0.717) is 0 Å². The van der Waals surface area contributed by atoms with Crippen molar-refractivity contribution in [3.63, 3.8) is 0 Å². The SMILES string of the molecule is [CH2-]C[CH2-].[Ta+2]. The number of hydrogen-bond donors (Lipinski definition) is 0. The van der Waals surface area contributed by atoms with Gasteiger partial charge in [-0.05, 0) is 0 Å². The van der Waals surface area contributed by atoms with Gasteiger partial charge in [-0.2, -0.15) is 0 Å². The first-order valence-electron chi connectivity index (χ1n) is 1.000. The van der Waals surface area contributed by atoms with Crippen molar-refractivity contribution in [3.8, 4) is 0 Å². The Bertz CT molecular complexity index is 3.25. The van der Waals surface area contributed by atoms with Gasteiger partial charge in [0.05, 0.1) is 0 Å². The van der Waals surface area contributed by atoms with E-state index in [2.05, 4.69) is 13.8 Å². The molecule has 23 valence electrons. The van der Waals surface area contributed by atoms with Gasteiger partial charge in [-0.3, -0.25) is 0 Å². The van der Waals surface area contributed by atoms with Crippen LogP contribution < -0.4 is 0 Å². The molecule has 0 fully saturated rings. The fourth-order valence-corrected chi connectivity index (χ4v) is 0. The topological polar surface area (TPSA) is 0 Å². The van der Waals surface area contributed by atoms with Crippen LogP contribution in [0.15, 0.2) is 0 Å². The molecule has 0 aliphatic carbocycles. The van der Waals surface area contributed by atoms with Crippen molar-refractivity contribution in [2.24, 2.45) is 0 Å². The van der Waals surface area contributed by atoms with Crippen LogP contribution in [0.3, 0.4) is 0 Å². The van der Waals surface area contributed by atoms with Crippen molar-refractivity contribution in [2.75, 3.05) is 0 Å². The van der Waals surface area contributed by atoms with E-state index in [0.717, 1.165) is 6.42 Å². The molecule has 0 rings (SSSR count). The first-order chi connectivity index (χ1) is 1.41. The molecule has 0 saturated carbocycles. The summed E-state index contributed by atoms with van der Waals surface area (Å²) in [5.74, 6) is 0. The standard InChI is InChI=1S/C3H6.Ta/c1-3-2;/h1-3H2;/q-2;+2. The molecule has 0 nitrogen and oxygen atoms in total. The van der Waals surface area contributed by atoms with Crippen molar-refractivity contribution in [1.82, 2.24) is 0 Å². The van der Waals surface area contributed by atoms with Crippen molar-refractivity contribution in [3.05, 3.63) is 13.8 Å². The van der Waals surface area contributed by atoms with E-state index < -0.39 is 0 Å². The largest absolute Gasteiger partial charge is 2.00 e. The molecule has 0 aliphatic rings. The van der Waals surface area contributed by atoms with Gasteiger partial charge in [-0.1, -0.05) is 0 Å². The smallest absolute Gasteiger partial charge is 0.372 e. The molecule has 0 bridgehead atoms. The minimum Gasteiger partial charge on any atom is -0.372 e. The van der Waals surface area contributed by atoms with Gasteiger partial charge in [0, 0.05) is 0 Å². The van der Waals surface area contributed by atoms with Crippen molar-refractivity contribution in [1.29, 1.82) is 0 Å². The first-order valence-corrected chi connectivity index (χ1v) is 1.000. The molecule has 0 aromatic carbocycles. The van der Waals surface area contributed by atoms with E-state index in [4.69, 9.17) is 0 Å². The van der Waals surface area contributed by atoms with E-state index in [1.807, 2.05) is 0 Å². The van der Waals surface area contributed by atoms with E-state index >= 15 is 0 Å². The van der Waals surface area contributed by atoms with E-state index in [1.54, 1.807) is 0 Å². The van der Waals surface area contributed by atoms with Crippen molar-refractivity contribution >= 4 is 0 Å². The van der Waals surface area contributed by atoms with Crippen LogP contribution in [0.25, 0.3) is 0 Å². The summed E-state index contributed by atoms with van der Waals surface area (Å²) in [5.41, 5.74) is 0. The summed E-state index contributed by atoms with van der Waals surface area (Å²) in [6.07, 6.45) is 0.750. The van der Waals surface area contributed by atoms with Crippen LogP contribution in [0.2, 0.25) is 0 Å². The molecule has 0 N–H and O–H groups in total. The Kier molecular flexibility index (Phi) is 20.5. The molecule has 0 aromatic rings. The minimum absolute atomic E-state index is 0. The summed E-state index contributed by atoms with van der Waals surface area (Å²) in [7, 11) is 0. The Morgan fingerprint density at radius 3 is 1.25 bits per heavy atom. The third kappa shape index (κ3) is 15.1. The molecular weight excluding hydrogens is 217 g/mol. The molecule has 0 aromatic heterocycles. The Labute approximate surface area is 43.1 Å². The average Bonchev–Trinajstić information content (AvgIpc) is 0.918. The first kappa shape index (κ1) is 8.83. The van der Waals surface area contributed by atoms with Crippen LogP contribution in [-0.2, 0) is 22.4 Å². The summed E-state index contributed by atoms with van der Waals surface area (Å²) < 4.78 is 0. The number of hydrogen-bond acceptors (Lipinski definition) is 0. The zero-order valence-electron chi connectivity index (χ0n) is 2.57. The molecule has 0 spiro atoms. The van der Waals surface area contributed by atoms with Gasteiger partial charge in [0.25, 0.3) is 0 Å². The summed E-state index contributed by atoms with van der Waals surface area (Å²) >= 11 is 0. The monoisotopic (exact) mass is 223 g/mol. The zero-order chi connectivity index (χ0) is 2.71. The van der Waals surface area contributed by atoms with Gasteiger partial charge in [0.1, 0.15) is 0 Å². The third-order valence-electron chi connectivity index (χ3n) is 0. The van der Waals surface area contributed by atoms with Gasteiger partial charge in [-0.25, -0.2) is 0 Å². The molecule has 0 heterocycles. The molecule has 0 saturated heterocycles. The molecule has 0 unspecified atom stereocenters. The van der Waals surface area contributed by atoms with Crippen LogP contribution in [0.1, 0.15) is 6.42 Å². The van der Waals surface area contributed by atoms with E-state index in [1.165, 1.54) is 0 Å². The van der Waals surface area contributed by atoms with Gasteiger partial charge >= 0.3 is 22.4 Å². The fraction of sp³-hybridized carbons (Fsp3) is 0.333. The molecule has 1 radical (unpaired) electrons. The Balaban J connectivity index is 0. The predicted molar refractivity (Wildman–Crippen MR) is 15.3 cm³/mol. The van der Waals surface area contributed by atoms with E-state index in [-0.39, 0.29) is 22.4 Å². The summed E-state index contributed by atoms with van der Waals surface area (Å²) in [6, 6.07) is 0. The second kappa shape index (κ2) is 9.27. The van der Waals surface area contributed by atoms with Gasteiger partial charge in [0.2, 0.25) is 0 Å². The maximum Gasteiger partial charge on any atom is 2.00 e. The number of rotatable bonds is 0. The van der Waals surface area contributed by atoms with Crippen LogP contribution in [0, 0.1) is 13.8 Å². The Morgan fingerprint density at radius 2 is 1.25 bits per heavy atom. The van der Waals surface area contributed by atoms with Crippen LogP contribution in [-0.4, -0.2) is 0 Å². The Hall–Kier alpha value is 0.740. The van der Waals surface area contributed by atoms with Gasteiger partial charge in [-0.15, -0.1) is 0 Å². The normalized spacial score (nSPS) is 4.50. The zero-order valence-corrected chi connectivity index (χ0v) is 5.78. The quantitative estimate of drug-likeness (QED) is 0.538. The molecule has 0 aliphatic heterocycles. The maximum atomic E-state index is 3.38. The fourth-order valence-electron chi connectivity index (χ4n) is 0. The van der Waals surface area contributed by atoms with Gasteiger partial charge < -0.3 is 20.3 Å². The van der Waals surface area contributed by atoms with Crippen LogP contribution >= 0.6 is 0 Å². The average molecular weight is 223 g/mol. The molecule has 0 atom stereocenters. The maximum absolute atomic E-state index is 3.38.